The molecule has 1 aromatic heterocycles. The smallest absolute Gasteiger partial charge is 0.419 e. The van der Waals surface area contributed by atoms with Gasteiger partial charge in [0.1, 0.15) is 17.2 Å². The normalized spacial score (nSPS) is 11.7. The molecule has 8 heteroatoms. The topological polar surface area (TPSA) is 92.9 Å². The van der Waals surface area contributed by atoms with Gasteiger partial charge in [-0.3, -0.25) is 4.79 Å². The number of nitrogens with zero attached hydrogens (tertiary/aromatic N) is 2. The summed E-state index contributed by atoms with van der Waals surface area (Å²) in [4.78, 5) is 25.4. The third-order valence-corrected chi connectivity index (χ3v) is 6.18. The number of aliphatic carboxylic acids is 1. The highest BCUT2D eigenvalue weighted by Gasteiger charge is 2.30. The van der Waals surface area contributed by atoms with Gasteiger partial charge in [0, 0.05) is 5.56 Å². The highest BCUT2D eigenvalue weighted by Crippen LogP contribution is 2.40. The van der Waals surface area contributed by atoms with E-state index in [9.17, 15) is 19.1 Å². The van der Waals surface area contributed by atoms with Crippen LogP contribution >= 0.6 is 0 Å². The molecule has 0 radical (unpaired) electrons. The molecule has 1 heterocycles. The van der Waals surface area contributed by atoms with Crippen LogP contribution in [0.2, 0.25) is 0 Å². The number of benzene rings is 3. The van der Waals surface area contributed by atoms with Gasteiger partial charge in [0.15, 0.2) is 5.76 Å². The molecule has 0 spiro atoms. The van der Waals surface area contributed by atoms with E-state index in [0.29, 0.717) is 22.7 Å². The Morgan fingerprint density at radius 2 is 1.73 bits per heavy atom. The van der Waals surface area contributed by atoms with E-state index in [1.807, 2.05) is 49.4 Å². The summed E-state index contributed by atoms with van der Waals surface area (Å²) in [5.74, 6) is -1.76. The number of aryl methyl sites for hydroxylation is 2. The Labute approximate surface area is 214 Å². The second-order valence-corrected chi connectivity index (χ2v) is 8.64. The fraction of sp³-hybridized carbons (Fsp3) is 0.207. The van der Waals surface area contributed by atoms with Crippen LogP contribution in [0.3, 0.4) is 0 Å². The highest BCUT2D eigenvalue weighted by atomic mass is 19.1. The number of hydrogen-bond donors (Lipinski definition) is 1. The van der Waals surface area contributed by atoms with E-state index in [0.717, 1.165) is 27.2 Å². The molecular formula is C29H27FN2O5. The van der Waals surface area contributed by atoms with Gasteiger partial charge < -0.3 is 14.4 Å². The first kappa shape index (κ1) is 25.6. The Bertz CT molecular complexity index is 1450. The van der Waals surface area contributed by atoms with Gasteiger partial charge in [-0.2, -0.15) is 0 Å². The van der Waals surface area contributed by atoms with Gasteiger partial charge in [-0.05, 0) is 68.1 Å². The molecule has 1 amide bonds. The standard InChI is InChI=1S/C29H27FN2O5/c1-5-36-29(35)32(25-9-7-6-8-24(25)30)26-19(4)31-37-27(26)22-14-15-23(17(2)16-22)21-12-10-20(11-13-21)18(3)28(33)34/h6-16,18H,5H2,1-4H3,(H,33,34). The third kappa shape index (κ3) is 5.09. The van der Waals surface area contributed by atoms with Crippen LogP contribution < -0.4 is 4.90 Å². The van der Waals surface area contributed by atoms with Crippen molar-refractivity contribution in [3.8, 4) is 22.5 Å². The van der Waals surface area contributed by atoms with Crippen LogP contribution in [-0.4, -0.2) is 28.9 Å². The van der Waals surface area contributed by atoms with Crippen molar-refractivity contribution in [2.24, 2.45) is 0 Å². The number of anilines is 2. The Morgan fingerprint density at radius 3 is 2.35 bits per heavy atom. The Balaban J connectivity index is 1.76. The van der Waals surface area contributed by atoms with Crippen LogP contribution in [0.4, 0.5) is 20.6 Å². The predicted molar refractivity (Wildman–Crippen MR) is 138 cm³/mol. The van der Waals surface area contributed by atoms with Gasteiger partial charge in [-0.1, -0.05) is 53.7 Å². The van der Waals surface area contributed by atoms with Gasteiger partial charge in [-0.15, -0.1) is 0 Å². The summed E-state index contributed by atoms with van der Waals surface area (Å²) < 4.78 is 25.7. The van der Waals surface area contributed by atoms with Crippen LogP contribution in [-0.2, 0) is 9.53 Å². The van der Waals surface area contributed by atoms with Gasteiger partial charge >= 0.3 is 12.1 Å². The predicted octanol–water partition coefficient (Wildman–Crippen LogP) is 7.25. The maximum atomic E-state index is 14.8. The van der Waals surface area contributed by atoms with E-state index in [1.54, 1.807) is 32.9 Å². The van der Waals surface area contributed by atoms with E-state index in [4.69, 9.17) is 9.26 Å². The number of carboxylic acid groups (broad SMARTS) is 1. The van der Waals surface area contributed by atoms with Gasteiger partial charge in [0.25, 0.3) is 0 Å². The van der Waals surface area contributed by atoms with E-state index in [-0.39, 0.29) is 12.3 Å². The second kappa shape index (κ2) is 10.7. The number of ether oxygens (including phenoxy) is 1. The average molecular weight is 503 g/mol. The largest absolute Gasteiger partial charge is 0.481 e. The summed E-state index contributed by atoms with van der Waals surface area (Å²) in [5.41, 5.74) is 4.89. The minimum atomic E-state index is -0.876. The van der Waals surface area contributed by atoms with Crippen LogP contribution in [0.5, 0.6) is 0 Å². The molecule has 4 aromatic rings. The van der Waals surface area contributed by atoms with Crippen molar-refractivity contribution in [2.75, 3.05) is 11.5 Å². The molecule has 37 heavy (non-hydrogen) atoms. The maximum Gasteiger partial charge on any atom is 0.419 e. The van der Waals surface area contributed by atoms with Gasteiger partial charge in [0.2, 0.25) is 0 Å². The van der Waals surface area contributed by atoms with E-state index in [1.165, 1.54) is 12.1 Å². The summed E-state index contributed by atoms with van der Waals surface area (Å²) in [5, 5.41) is 13.3. The number of hydrogen-bond acceptors (Lipinski definition) is 5. The maximum absolute atomic E-state index is 14.8. The minimum absolute atomic E-state index is 0.0255. The lowest BCUT2D eigenvalue weighted by Crippen LogP contribution is -2.28. The zero-order valence-corrected chi connectivity index (χ0v) is 21.0. The van der Waals surface area contributed by atoms with Gasteiger partial charge in [-0.25, -0.2) is 14.1 Å². The minimum Gasteiger partial charge on any atom is -0.481 e. The van der Waals surface area contributed by atoms with Crippen molar-refractivity contribution in [3.05, 3.63) is 89.4 Å². The zero-order chi connectivity index (χ0) is 26.7. The molecule has 1 atom stereocenters. The summed E-state index contributed by atoms with van der Waals surface area (Å²) in [6, 6.07) is 19.0. The van der Waals surface area contributed by atoms with Crippen LogP contribution in [0, 0.1) is 19.7 Å². The first-order valence-electron chi connectivity index (χ1n) is 11.8. The number of carboxylic acids is 1. The summed E-state index contributed by atoms with van der Waals surface area (Å²) in [6.07, 6.45) is -0.746. The van der Waals surface area contributed by atoms with E-state index in [2.05, 4.69) is 5.16 Å². The van der Waals surface area contributed by atoms with E-state index >= 15 is 0 Å². The molecule has 190 valence electrons. The number of carbonyl (C=O) groups is 2. The molecule has 0 aliphatic carbocycles. The van der Waals surface area contributed by atoms with Crippen LogP contribution in [0.1, 0.15) is 36.6 Å². The average Bonchev–Trinajstić information content (AvgIpc) is 3.26. The molecule has 7 nitrogen and oxygen atoms in total. The van der Waals surface area contributed by atoms with Crippen molar-refractivity contribution in [1.82, 2.24) is 5.16 Å². The molecule has 0 saturated carbocycles. The second-order valence-electron chi connectivity index (χ2n) is 8.64. The van der Waals surface area contributed by atoms with Crippen molar-refractivity contribution < 1.29 is 28.3 Å². The van der Waals surface area contributed by atoms with Crippen LogP contribution in [0.25, 0.3) is 22.5 Å². The number of carbonyl (C=O) groups excluding carboxylic acids is 1. The molecule has 1 N–H and O–H groups in total. The number of para-hydroxylation sites is 1. The van der Waals surface area contributed by atoms with Crippen molar-refractivity contribution in [1.29, 1.82) is 0 Å². The Hall–Kier alpha value is -4.46. The SMILES string of the molecule is CCOC(=O)N(c1ccccc1F)c1c(C)noc1-c1ccc(-c2ccc(C(C)C(=O)O)cc2)c(C)c1. The fourth-order valence-corrected chi connectivity index (χ4v) is 4.17. The van der Waals surface area contributed by atoms with Crippen molar-refractivity contribution >= 4 is 23.4 Å². The molecule has 0 aliphatic rings. The highest BCUT2D eigenvalue weighted by molar-refractivity contribution is 6.00. The molecule has 3 aromatic carbocycles. The molecule has 4 rings (SSSR count). The molecule has 0 saturated heterocycles. The molecule has 0 fully saturated rings. The number of aromatic nitrogens is 1. The Morgan fingerprint density at radius 1 is 1.05 bits per heavy atom. The van der Waals surface area contributed by atoms with Crippen molar-refractivity contribution in [3.63, 3.8) is 0 Å². The van der Waals surface area contributed by atoms with Gasteiger partial charge in [0.05, 0.1) is 18.2 Å². The lowest BCUT2D eigenvalue weighted by atomic mass is 9.94. The quantitative estimate of drug-likeness (QED) is 0.286. The van der Waals surface area contributed by atoms with E-state index < -0.39 is 23.8 Å². The molecular weight excluding hydrogens is 475 g/mol. The number of amides is 1. The lowest BCUT2D eigenvalue weighted by Gasteiger charge is -2.22. The first-order valence-corrected chi connectivity index (χ1v) is 11.8. The summed E-state index contributed by atoms with van der Waals surface area (Å²) in [7, 11) is 0. The number of halogens is 1. The zero-order valence-electron chi connectivity index (χ0n) is 21.0. The van der Waals surface area contributed by atoms with Crippen LogP contribution in [0.15, 0.2) is 71.3 Å². The molecule has 0 bridgehead atoms. The number of rotatable bonds is 7. The first-order chi connectivity index (χ1) is 17.7. The van der Waals surface area contributed by atoms with Crippen molar-refractivity contribution in [2.45, 2.75) is 33.6 Å². The lowest BCUT2D eigenvalue weighted by molar-refractivity contribution is -0.138. The monoisotopic (exact) mass is 502 g/mol. The summed E-state index contributed by atoms with van der Waals surface area (Å²) in [6.45, 7) is 7.05. The summed E-state index contributed by atoms with van der Waals surface area (Å²) >= 11 is 0. The Kier molecular flexibility index (Phi) is 7.38. The molecule has 1 unspecified atom stereocenters. The third-order valence-electron chi connectivity index (χ3n) is 6.18. The molecule has 0 aliphatic heterocycles. The fourth-order valence-electron chi connectivity index (χ4n) is 4.17.